The van der Waals surface area contributed by atoms with Gasteiger partial charge in [-0.3, -0.25) is 13.9 Å². The van der Waals surface area contributed by atoms with E-state index in [1.165, 1.54) is 29.2 Å². The van der Waals surface area contributed by atoms with E-state index in [0.29, 0.717) is 5.56 Å². The zero-order valence-electron chi connectivity index (χ0n) is 26.3. The summed E-state index contributed by atoms with van der Waals surface area (Å²) >= 11 is 26.0. The Hall–Kier alpha value is -3.27. The molecule has 7 nitrogen and oxygen atoms in total. The molecule has 12 heteroatoms. The number of carbonyl (C=O) groups is 2. The minimum Gasteiger partial charge on any atom is -0.350 e. The lowest BCUT2D eigenvalue weighted by atomic mass is 10.0. The first kappa shape index (κ1) is 36.6. The number of hydrogen-bond acceptors (Lipinski definition) is 4. The third-order valence-electron chi connectivity index (χ3n) is 7.25. The third-order valence-corrected chi connectivity index (χ3v) is 10.5. The summed E-state index contributed by atoms with van der Waals surface area (Å²) in [4.78, 5) is 30.0. The van der Waals surface area contributed by atoms with Gasteiger partial charge in [0.2, 0.25) is 11.8 Å². The summed E-state index contributed by atoms with van der Waals surface area (Å²) in [5.41, 5.74) is 1.40. The van der Waals surface area contributed by atoms with Gasteiger partial charge in [0.05, 0.1) is 20.6 Å². The summed E-state index contributed by atoms with van der Waals surface area (Å²) < 4.78 is 29.4. The molecule has 0 bridgehead atoms. The van der Waals surface area contributed by atoms with Crippen molar-refractivity contribution >= 4 is 73.9 Å². The second kappa shape index (κ2) is 15.3. The Morgan fingerprint density at radius 1 is 0.787 bits per heavy atom. The lowest BCUT2D eigenvalue weighted by molar-refractivity contribution is -0.140. The highest BCUT2D eigenvalue weighted by molar-refractivity contribution is 7.92. The number of aryl methyl sites for hydroxylation is 1. The Labute approximate surface area is 296 Å². The molecular formula is C35H35Cl4N3O4S. The van der Waals surface area contributed by atoms with E-state index in [2.05, 4.69) is 5.32 Å². The van der Waals surface area contributed by atoms with Gasteiger partial charge < -0.3 is 10.2 Å². The standard InChI is InChI=1S/C35H35Cl4N3O4S/c1-23-16-18-25(19-17-23)47(45,46)42(30-15-9-14-29(38)33(30)39)22-32(43)41(21-26-27(36)12-8-13-28(26)37)31(34(44)40-35(2,3)4)20-24-10-6-5-7-11-24/h5-19,31H,20-22H2,1-4H3,(H,40,44)/t31-/m1/s1. The van der Waals surface area contributed by atoms with Crippen LogP contribution < -0.4 is 9.62 Å². The molecule has 0 fully saturated rings. The second-order valence-corrected chi connectivity index (χ2v) is 15.5. The third kappa shape index (κ3) is 9.21. The molecule has 0 aromatic heterocycles. The van der Waals surface area contributed by atoms with Crippen LogP contribution in [0.3, 0.4) is 0 Å². The molecule has 0 unspecified atom stereocenters. The van der Waals surface area contributed by atoms with Gasteiger partial charge in [-0.2, -0.15) is 0 Å². The molecule has 0 aliphatic rings. The quantitative estimate of drug-likeness (QED) is 0.168. The monoisotopic (exact) mass is 733 g/mol. The minimum atomic E-state index is -4.37. The number of nitrogens with zero attached hydrogens (tertiary/aromatic N) is 2. The van der Waals surface area contributed by atoms with Crippen LogP contribution in [-0.4, -0.2) is 43.3 Å². The Balaban J connectivity index is 1.88. The summed E-state index contributed by atoms with van der Waals surface area (Å²) in [6.07, 6.45) is 0.124. The van der Waals surface area contributed by atoms with E-state index in [-0.39, 0.29) is 43.6 Å². The largest absolute Gasteiger partial charge is 0.350 e. The van der Waals surface area contributed by atoms with Gasteiger partial charge in [0.15, 0.2) is 0 Å². The molecule has 4 rings (SSSR count). The average Bonchev–Trinajstić information content (AvgIpc) is 3.00. The predicted molar refractivity (Wildman–Crippen MR) is 191 cm³/mol. The maximum atomic E-state index is 14.7. The first-order valence-electron chi connectivity index (χ1n) is 14.7. The van der Waals surface area contributed by atoms with Gasteiger partial charge in [-0.1, -0.05) is 107 Å². The fourth-order valence-corrected chi connectivity index (χ4v) is 7.29. The van der Waals surface area contributed by atoms with Gasteiger partial charge in [0.25, 0.3) is 10.0 Å². The number of amides is 2. The lowest BCUT2D eigenvalue weighted by Crippen LogP contribution is -2.56. The molecule has 0 spiro atoms. The topological polar surface area (TPSA) is 86.8 Å². The second-order valence-electron chi connectivity index (χ2n) is 12.1. The Bertz CT molecular complexity index is 1830. The Morgan fingerprint density at radius 2 is 1.36 bits per heavy atom. The van der Waals surface area contributed by atoms with Gasteiger partial charge in [0, 0.05) is 34.1 Å². The molecule has 2 amide bonds. The molecule has 0 heterocycles. The van der Waals surface area contributed by atoms with Crippen LogP contribution in [0.5, 0.6) is 0 Å². The fourth-order valence-electron chi connectivity index (χ4n) is 4.90. The van der Waals surface area contributed by atoms with E-state index in [4.69, 9.17) is 46.4 Å². The number of hydrogen-bond donors (Lipinski definition) is 1. The van der Waals surface area contributed by atoms with Crippen molar-refractivity contribution in [3.63, 3.8) is 0 Å². The maximum Gasteiger partial charge on any atom is 0.264 e. The maximum absolute atomic E-state index is 14.7. The van der Waals surface area contributed by atoms with Crippen molar-refractivity contribution in [2.24, 2.45) is 0 Å². The van der Waals surface area contributed by atoms with Crippen LogP contribution in [0, 0.1) is 6.92 Å². The zero-order chi connectivity index (χ0) is 34.5. The summed E-state index contributed by atoms with van der Waals surface area (Å²) in [5.74, 6) is -1.13. The van der Waals surface area contributed by atoms with Crippen LogP contribution in [0.15, 0.2) is 95.9 Å². The summed E-state index contributed by atoms with van der Waals surface area (Å²) in [7, 11) is -4.37. The van der Waals surface area contributed by atoms with Crippen molar-refractivity contribution < 1.29 is 18.0 Å². The van der Waals surface area contributed by atoms with Crippen LogP contribution in [0.4, 0.5) is 5.69 Å². The molecule has 1 N–H and O–H groups in total. The Morgan fingerprint density at radius 3 is 1.96 bits per heavy atom. The molecule has 1 atom stereocenters. The highest BCUT2D eigenvalue weighted by Gasteiger charge is 2.37. The van der Waals surface area contributed by atoms with Gasteiger partial charge in [-0.05, 0) is 69.7 Å². The first-order chi connectivity index (χ1) is 22.1. The zero-order valence-corrected chi connectivity index (χ0v) is 30.1. The van der Waals surface area contributed by atoms with Crippen molar-refractivity contribution in [2.75, 3.05) is 10.8 Å². The minimum absolute atomic E-state index is 0.00238. The molecule has 4 aromatic carbocycles. The molecule has 0 aliphatic heterocycles. The van der Waals surface area contributed by atoms with E-state index >= 15 is 0 Å². The first-order valence-corrected chi connectivity index (χ1v) is 17.7. The van der Waals surface area contributed by atoms with Crippen molar-refractivity contribution in [1.29, 1.82) is 0 Å². The molecule has 0 radical (unpaired) electrons. The molecule has 0 saturated heterocycles. The van der Waals surface area contributed by atoms with Gasteiger partial charge in [-0.25, -0.2) is 8.42 Å². The van der Waals surface area contributed by atoms with E-state index < -0.39 is 40.0 Å². The van der Waals surface area contributed by atoms with Crippen LogP contribution in [0.2, 0.25) is 20.1 Å². The summed E-state index contributed by atoms with van der Waals surface area (Å²) in [5, 5.41) is 3.60. The van der Waals surface area contributed by atoms with Crippen LogP contribution >= 0.6 is 46.4 Å². The average molecular weight is 736 g/mol. The number of carbonyl (C=O) groups excluding carboxylic acids is 2. The number of sulfonamides is 1. The summed E-state index contributed by atoms with van der Waals surface area (Å²) in [6, 6.07) is 23.8. The lowest BCUT2D eigenvalue weighted by Gasteiger charge is -2.35. The normalized spacial score (nSPS) is 12.3. The van der Waals surface area contributed by atoms with Gasteiger partial charge >= 0.3 is 0 Å². The number of rotatable bonds is 11. The van der Waals surface area contributed by atoms with Crippen molar-refractivity contribution in [2.45, 2.75) is 57.1 Å². The molecular weight excluding hydrogens is 700 g/mol. The molecule has 0 aliphatic carbocycles. The van der Waals surface area contributed by atoms with Crippen molar-refractivity contribution in [1.82, 2.24) is 10.2 Å². The highest BCUT2D eigenvalue weighted by Crippen LogP contribution is 2.36. The van der Waals surface area contributed by atoms with E-state index in [0.717, 1.165) is 15.4 Å². The van der Waals surface area contributed by atoms with Crippen molar-refractivity contribution in [3.8, 4) is 0 Å². The predicted octanol–water partition coefficient (Wildman–Crippen LogP) is 8.36. The van der Waals surface area contributed by atoms with Gasteiger partial charge in [-0.15, -0.1) is 0 Å². The van der Waals surface area contributed by atoms with E-state index in [1.807, 2.05) is 58.0 Å². The van der Waals surface area contributed by atoms with Gasteiger partial charge in [0.1, 0.15) is 12.6 Å². The van der Waals surface area contributed by atoms with Crippen LogP contribution in [0.1, 0.15) is 37.5 Å². The summed E-state index contributed by atoms with van der Waals surface area (Å²) in [6.45, 7) is 6.43. The smallest absolute Gasteiger partial charge is 0.264 e. The molecule has 47 heavy (non-hydrogen) atoms. The SMILES string of the molecule is Cc1ccc(S(=O)(=O)N(CC(=O)N(Cc2c(Cl)cccc2Cl)[C@H](Cc2ccccc2)C(=O)NC(C)(C)C)c2cccc(Cl)c2Cl)cc1. The molecule has 0 saturated carbocycles. The highest BCUT2D eigenvalue weighted by atomic mass is 35.5. The van der Waals surface area contributed by atoms with Crippen molar-refractivity contribution in [3.05, 3.63) is 128 Å². The number of halogens is 4. The van der Waals surface area contributed by atoms with Crippen LogP contribution in [-0.2, 0) is 32.6 Å². The Kier molecular flexibility index (Phi) is 11.9. The number of nitrogens with one attached hydrogen (secondary N) is 1. The fraction of sp³-hybridized carbons (Fsp3) is 0.257. The number of anilines is 1. The van der Waals surface area contributed by atoms with Crippen LogP contribution in [0.25, 0.3) is 0 Å². The van der Waals surface area contributed by atoms with E-state index in [1.54, 1.807) is 36.4 Å². The molecule has 4 aromatic rings. The number of benzene rings is 4. The van der Waals surface area contributed by atoms with E-state index in [9.17, 15) is 18.0 Å². The molecule has 248 valence electrons.